The minimum absolute atomic E-state index is 0.0957. The van der Waals surface area contributed by atoms with Gasteiger partial charge in [-0.05, 0) is 29.6 Å². The van der Waals surface area contributed by atoms with Gasteiger partial charge in [-0.25, -0.2) is 9.55 Å². The van der Waals surface area contributed by atoms with Crippen LogP contribution in [-0.2, 0) is 6.54 Å². The van der Waals surface area contributed by atoms with E-state index in [1.165, 1.54) is 10.8 Å². The summed E-state index contributed by atoms with van der Waals surface area (Å²) >= 11 is 6.04. The zero-order chi connectivity index (χ0) is 15.4. The normalized spacial score (nSPS) is 12.7. The Morgan fingerprint density at radius 1 is 1.48 bits per heavy atom. The molecule has 7 heteroatoms. The smallest absolute Gasteiger partial charge is 0.343 e. The van der Waals surface area contributed by atoms with Crippen molar-refractivity contribution in [3.05, 3.63) is 57.0 Å². The van der Waals surface area contributed by atoms with Crippen LogP contribution in [0.15, 0.2) is 30.5 Å². The Hall–Kier alpha value is -2.18. The van der Waals surface area contributed by atoms with Crippen molar-refractivity contribution < 1.29 is 10.0 Å². The number of rotatable bonds is 5. The molecule has 1 unspecified atom stereocenters. The van der Waals surface area contributed by atoms with Crippen LogP contribution in [-0.4, -0.2) is 25.7 Å². The average Bonchev–Trinajstić information content (AvgIpc) is 2.80. The number of hydrogen-bond acceptors (Lipinski definition) is 4. The summed E-state index contributed by atoms with van der Waals surface area (Å²) in [6, 6.07) is 7.25. The Bertz CT molecular complexity index is 680. The first kappa shape index (κ1) is 15.2. The highest BCUT2D eigenvalue weighted by Crippen LogP contribution is 2.20. The molecule has 0 amide bonds. The third kappa shape index (κ3) is 3.68. The lowest BCUT2D eigenvalue weighted by atomic mass is 10.2. The molecule has 21 heavy (non-hydrogen) atoms. The lowest BCUT2D eigenvalue weighted by molar-refractivity contribution is -0.392. The molecule has 1 aromatic heterocycles. The van der Waals surface area contributed by atoms with Crippen molar-refractivity contribution in [3.8, 4) is 0 Å². The van der Waals surface area contributed by atoms with Crippen LogP contribution in [0.4, 0.5) is 5.82 Å². The van der Waals surface area contributed by atoms with Gasteiger partial charge >= 0.3 is 5.82 Å². The lowest BCUT2D eigenvalue weighted by Crippen LogP contribution is -2.14. The van der Waals surface area contributed by atoms with E-state index in [1.807, 2.05) is 18.2 Å². The first-order valence-corrected chi connectivity index (χ1v) is 6.67. The SMILES string of the molecule is CC(O)Cn1c([N+](=O)[O-])cnc1/C=C/c1ccccc1Cl. The number of hydrogen-bond donors (Lipinski definition) is 1. The minimum atomic E-state index is -0.717. The molecule has 1 N–H and O–H groups in total. The molecule has 1 atom stereocenters. The van der Waals surface area contributed by atoms with Crippen molar-refractivity contribution in [1.82, 2.24) is 9.55 Å². The Kier molecular flexibility index (Phi) is 4.72. The molecular weight excluding hydrogens is 294 g/mol. The van der Waals surface area contributed by atoms with Crippen molar-refractivity contribution in [2.45, 2.75) is 19.6 Å². The van der Waals surface area contributed by atoms with E-state index in [0.29, 0.717) is 10.8 Å². The van der Waals surface area contributed by atoms with Crippen LogP contribution in [0.25, 0.3) is 12.2 Å². The zero-order valence-electron chi connectivity index (χ0n) is 11.3. The van der Waals surface area contributed by atoms with Gasteiger partial charge in [0, 0.05) is 11.1 Å². The highest BCUT2D eigenvalue weighted by Gasteiger charge is 2.19. The van der Waals surface area contributed by atoms with E-state index in [0.717, 1.165) is 5.56 Å². The van der Waals surface area contributed by atoms with E-state index < -0.39 is 11.0 Å². The summed E-state index contributed by atoms with van der Waals surface area (Å²) in [5.41, 5.74) is 0.786. The van der Waals surface area contributed by atoms with Gasteiger partial charge in [0.2, 0.25) is 5.82 Å². The summed E-state index contributed by atoms with van der Waals surface area (Å²) in [7, 11) is 0. The maximum atomic E-state index is 11.0. The fraction of sp³-hybridized carbons (Fsp3) is 0.214. The van der Waals surface area contributed by atoms with Gasteiger partial charge in [0.25, 0.3) is 0 Å². The second kappa shape index (κ2) is 6.51. The van der Waals surface area contributed by atoms with E-state index >= 15 is 0 Å². The van der Waals surface area contributed by atoms with Crippen molar-refractivity contribution in [2.75, 3.05) is 0 Å². The van der Waals surface area contributed by atoms with Crippen LogP contribution in [0.2, 0.25) is 5.02 Å². The quantitative estimate of drug-likeness (QED) is 0.680. The predicted molar refractivity (Wildman–Crippen MR) is 80.9 cm³/mol. The second-order valence-corrected chi connectivity index (χ2v) is 4.95. The third-order valence-electron chi connectivity index (χ3n) is 2.82. The highest BCUT2D eigenvalue weighted by atomic mass is 35.5. The summed E-state index contributed by atoms with van der Waals surface area (Å²) in [5.74, 6) is 0.234. The Morgan fingerprint density at radius 2 is 2.19 bits per heavy atom. The van der Waals surface area contributed by atoms with Crippen LogP contribution >= 0.6 is 11.6 Å². The largest absolute Gasteiger partial charge is 0.389 e. The number of aromatic nitrogens is 2. The molecule has 6 nitrogen and oxygen atoms in total. The lowest BCUT2D eigenvalue weighted by Gasteiger charge is -2.05. The molecule has 0 spiro atoms. The summed E-state index contributed by atoms with van der Waals surface area (Å²) < 4.78 is 1.36. The fourth-order valence-corrected chi connectivity index (χ4v) is 2.08. The van der Waals surface area contributed by atoms with E-state index in [1.54, 1.807) is 25.1 Å². The number of imidazole rings is 1. The van der Waals surface area contributed by atoms with Gasteiger partial charge in [0.05, 0.1) is 6.10 Å². The van der Waals surface area contributed by atoms with Crippen LogP contribution in [0, 0.1) is 10.1 Å². The van der Waals surface area contributed by atoms with Crippen molar-refractivity contribution in [3.63, 3.8) is 0 Å². The number of aliphatic hydroxyl groups is 1. The second-order valence-electron chi connectivity index (χ2n) is 4.55. The van der Waals surface area contributed by atoms with Crippen molar-refractivity contribution in [1.29, 1.82) is 0 Å². The molecule has 0 fully saturated rings. The summed E-state index contributed by atoms with van der Waals surface area (Å²) in [5, 5.41) is 21.0. The van der Waals surface area contributed by atoms with Crippen molar-refractivity contribution >= 4 is 29.6 Å². The van der Waals surface area contributed by atoms with Crippen LogP contribution in [0.5, 0.6) is 0 Å². The maximum Gasteiger partial charge on any atom is 0.343 e. The Labute approximate surface area is 126 Å². The van der Waals surface area contributed by atoms with E-state index in [2.05, 4.69) is 4.98 Å². The van der Waals surface area contributed by atoms with Crippen LogP contribution in [0.1, 0.15) is 18.3 Å². The molecule has 0 aliphatic heterocycles. The molecular formula is C14H14ClN3O3. The van der Waals surface area contributed by atoms with Crippen LogP contribution < -0.4 is 0 Å². The molecule has 0 radical (unpaired) electrons. The molecule has 0 aliphatic rings. The molecule has 0 aliphatic carbocycles. The first-order chi connectivity index (χ1) is 9.99. The molecule has 0 bridgehead atoms. The molecule has 0 saturated carbocycles. The topological polar surface area (TPSA) is 81.2 Å². The van der Waals surface area contributed by atoms with Crippen LogP contribution in [0.3, 0.4) is 0 Å². The molecule has 110 valence electrons. The Morgan fingerprint density at radius 3 is 2.81 bits per heavy atom. The minimum Gasteiger partial charge on any atom is -0.389 e. The summed E-state index contributed by atoms with van der Waals surface area (Å²) in [6.45, 7) is 1.66. The zero-order valence-corrected chi connectivity index (χ0v) is 12.1. The molecule has 2 aromatic rings. The standard InChI is InChI=1S/C14H14ClN3O3/c1-10(19)9-17-13(16-8-14(17)18(20)21)7-6-11-4-2-3-5-12(11)15/h2-8,10,19H,9H2,1H3/b7-6+. The van der Waals surface area contributed by atoms with Gasteiger partial charge < -0.3 is 15.2 Å². The van der Waals surface area contributed by atoms with Gasteiger partial charge in [0.15, 0.2) is 0 Å². The fourth-order valence-electron chi connectivity index (χ4n) is 1.89. The third-order valence-corrected chi connectivity index (χ3v) is 3.16. The Balaban J connectivity index is 2.36. The monoisotopic (exact) mass is 307 g/mol. The predicted octanol–water partition coefficient (Wildman–Crippen LogP) is 3.00. The van der Waals surface area contributed by atoms with Gasteiger partial charge in [-0.15, -0.1) is 0 Å². The van der Waals surface area contributed by atoms with Gasteiger partial charge in [-0.2, -0.15) is 0 Å². The number of benzene rings is 1. The van der Waals surface area contributed by atoms with E-state index in [4.69, 9.17) is 11.6 Å². The average molecular weight is 308 g/mol. The molecule has 2 rings (SSSR count). The van der Waals surface area contributed by atoms with Crippen molar-refractivity contribution in [2.24, 2.45) is 0 Å². The maximum absolute atomic E-state index is 11.0. The molecule has 1 aromatic carbocycles. The van der Waals surface area contributed by atoms with Gasteiger partial charge in [-0.1, -0.05) is 29.8 Å². The highest BCUT2D eigenvalue weighted by molar-refractivity contribution is 6.32. The number of halogens is 1. The van der Waals surface area contributed by atoms with Gasteiger partial charge in [-0.3, -0.25) is 0 Å². The number of nitro groups is 1. The number of nitrogens with zero attached hydrogens (tertiary/aromatic N) is 3. The van der Waals surface area contributed by atoms with E-state index in [-0.39, 0.29) is 12.4 Å². The number of aliphatic hydroxyl groups excluding tert-OH is 1. The molecule has 0 saturated heterocycles. The summed E-state index contributed by atoms with van der Waals surface area (Å²) in [6.07, 6.45) is 3.82. The summed E-state index contributed by atoms with van der Waals surface area (Å²) in [4.78, 5) is 14.5. The van der Waals surface area contributed by atoms with E-state index in [9.17, 15) is 15.2 Å². The molecule has 1 heterocycles. The van der Waals surface area contributed by atoms with Gasteiger partial charge in [0.1, 0.15) is 12.7 Å². The first-order valence-electron chi connectivity index (χ1n) is 6.29.